The van der Waals surface area contributed by atoms with E-state index in [-0.39, 0.29) is 0 Å². The minimum atomic E-state index is -1.19. The van der Waals surface area contributed by atoms with Crippen molar-refractivity contribution in [2.24, 2.45) is 0 Å². The van der Waals surface area contributed by atoms with Gasteiger partial charge in [0.1, 0.15) is 0 Å². The fourth-order valence-electron chi connectivity index (χ4n) is 2.72. The Kier molecular flexibility index (Phi) is 8.45. The number of nitrogens with zero attached hydrogens (tertiary/aromatic N) is 1. The van der Waals surface area contributed by atoms with E-state index in [1.807, 2.05) is 0 Å². The number of hydrogen-bond acceptors (Lipinski definition) is 2. The predicted molar refractivity (Wildman–Crippen MR) is 103 cm³/mol. The molecule has 0 aromatic heterocycles. The van der Waals surface area contributed by atoms with Gasteiger partial charge in [0.25, 0.3) is 0 Å². The second-order valence-electron chi connectivity index (χ2n) is 5.60. The van der Waals surface area contributed by atoms with Crippen LogP contribution in [0.1, 0.15) is 13.8 Å². The number of benzene rings is 2. The second kappa shape index (κ2) is 10.6. The molecule has 0 aliphatic heterocycles. The summed E-state index contributed by atoms with van der Waals surface area (Å²) in [5, 5.41) is 4.93. The summed E-state index contributed by atoms with van der Waals surface area (Å²) in [5.74, 6) is 0. The van der Waals surface area contributed by atoms with Gasteiger partial charge >= 0.3 is 146 Å². The Labute approximate surface area is 146 Å². The molecular formula is C20H29AsN2. The molecule has 0 heterocycles. The van der Waals surface area contributed by atoms with Gasteiger partial charge in [0.05, 0.1) is 0 Å². The van der Waals surface area contributed by atoms with E-state index in [1.165, 1.54) is 5.21 Å². The molecule has 0 fully saturated rings. The summed E-state index contributed by atoms with van der Waals surface area (Å²) < 4.78 is 3.11. The van der Waals surface area contributed by atoms with Crippen LogP contribution in [0.15, 0.2) is 60.7 Å². The molecule has 0 saturated carbocycles. The standard InChI is InChI=1S/C20H29AsN2/c1-3-23(4-2)18-17-22-16-15-21(19-11-7-5-8-12-19)20-13-9-6-10-14-20/h5-14,22H,3-4,15-18H2,1-2H3. The molecule has 3 heteroatoms. The summed E-state index contributed by atoms with van der Waals surface area (Å²) >= 11 is -1.19. The Morgan fingerprint density at radius 3 is 1.78 bits per heavy atom. The Morgan fingerprint density at radius 2 is 1.30 bits per heavy atom. The Balaban J connectivity index is 1.89. The summed E-state index contributed by atoms with van der Waals surface area (Å²) in [7, 11) is 0. The van der Waals surface area contributed by atoms with Gasteiger partial charge in [0.2, 0.25) is 0 Å². The van der Waals surface area contributed by atoms with E-state index in [1.54, 1.807) is 8.70 Å². The van der Waals surface area contributed by atoms with Crippen LogP contribution in [-0.4, -0.2) is 52.3 Å². The summed E-state index contributed by atoms with van der Waals surface area (Å²) in [4.78, 5) is 2.47. The molecule has 0 atom stereocenters. The zero-order valence-corrected chi connectivity index (χ0v) is 16.3. The molecule has 0 aliphatic carbocycles. The van der Waals surface area contributed by atoms with Crippen LogP contribution in [0.5, 0.6) is 0 Å². The average Bonchev–Trinajstić information content (AvgIpc) is 2.63. The van der Waals surface area contributed by atoms with Gasteiger partial charge in [-0.1, -0.05) is 0 Å². The maximum absolute atomic E-state index is 3.65. The van der Waals surface area contributed by atoms with Crippen LogP contribution in [0.25, 0.3) is 0 Å². The van der Waals surface area contributed by atoms with E-state index in [0.717, 1.165) is 32.7 Å². The third-order valence-corrected chi connectivity index (χ3v) is 9.42. The molecule has 2 aromatic rings. The molecule has 0 saturated heterocycles. The first-order valence-electron chi connectivity index (χ1n) is 8.65. The molecular weight excluding hydrogens is 343 g/mol. The SMILES string of the molecule is CCN(CC)CCNCC[As](c1ccccc1)c1ccccc1. The summed E-state index contributed by atoms with van der Waals surface area (Å²) in [5.41, 5.74) is 0. The Bertz CT molecular complexity index is 486. The van der Waals surface area contributed by atoms with E-state index < -0.39 is 14.7 Å². The molecule has 23 heavy (non-hydrogen) atoms. The van der Waals surface area contributed by atoms with Crippen LogP contribution in [0.4, 0.5) is 0 Å². The van der Waals surface area contributed by atoms with Crippen molar-refractivity contribution in [2.45, 2.75) is 19.1 Å². The predicted octanol–water partition coefficient (Wildman–Crippen LogP) is 2.23. The van der Waals surface area contributed by atoms with Crippen molar-refractivity contribution in [1.29, 1.82) is 0 Å². The van der Waals surface area contributed by atoms with E-state index in [2.05, 4.69) is 84.7 Å². The quantitative estimate of drug-likeness (QED) is 0.508. The summed E-state index contributed by atoms with van der Waals surface area (Å²) in [6, 6.07) is 22.2. The Morgan fingerprint density at radius 1 is 0.783 bits per heavy atom. The van der Waals surface area contributed by atoms with Crippen molar-refractivity contribution in [3.8, 4) is 0 Å². The van der Waals surface area contributed by atoms with E-state index in [9.17, 15) is 0 Å². The van der Waals surface area contributed by atoms with Crippen molar-refractivity contribution in [1.82, 2.24) is 10.2 Å². The topological polar surface area (TPSA) is 15.3 Å². The third-order valence-electron chi connectivity index (χ3n) is 4.15. The van der Waals surface area contributed by atoms with Gasteiger partial charge in [0, 0.05) is 0 Å². The van der Waals surface area contributed by atoms with Crippen molar-refractivity contribution in [2.75, 3.05) is 32.7 Å². The number of likely N-dealkylation sites (N-methyl/N-ethyl adjacent to an activating group) is 1. The maximum atomic E-state index is 3.65. The first-order chi connectivity index (χ1) is 11.3. The van der Waals surface area contributed by atoms with Crippen LogP contribution < -0.4 is 14.0 Å². The van der Waals surface area contributed by atoms with Crippen LogP contribution in [0, 0.1) is 0 Å². The van der Waals surface area contributed by atoms with E-state index in [4.69, 9.17) is 0 Å². The molecule has 0 bridgehead atoms. The molecule has 0 unspecified atom stereocenters. The first-order valence-corrected chi connectivity index (χ1v) is 11.9. The van der Waals surface area contributed by atoms with Crippen molar-refractivity contribution in [3.63, 3.8) is 0 Å². The summed E-state index contributed by atoms with van der Waals surface area (Å²) in [6.45, 7) is 10.1. The molecule has 0 spiro atoms. The molecule has 2 aromatic carbocycles. The number of nitrogens with one attached hydrogen (secondary N) is 1. The molecule has 1 N–H and O–H groups in total. The van der Waals surface area contributed by atoms with Gasteiger partial charge in [0.15, 0.2) is 0 Å². The van der Waals surface area contributed by atoms with Crippen molar-refractivity contribution >= 4 is 23.4 Å². The van der Waals surface area contributed by atoms with Gasteiger partial charge in [-0.25, -0.2) is 0 Å². The molecule has 0 amide bonds. The van der Waals surface area contributed by atoms with Crippen molar-refractivity contribution in [3.05, 3.63) is 60.7 Å². The number of rotatable bonds is 10. The van der Waals surface area contributed by atoms with Gasteiger partial charge in [-0.3, -0.25) is 0 Å². The first kappa shape index (κ1) is 18.3. The zero-order valence-electron chi connectivity index (χ0n) is 14.4. The van der Waals surface area contributed by atoms with Crippen LogP contribution >= 0.6 is 0 Å². The second-order valence-corrected chi connectivity index (χ2v) is 10.5. The van der Waals surface area contributed by atoms with E-state index >= 15 is 0 Å². The van der Waals surface area contributed by atoms with Crippen LogP contribution in [-0.2, 0) is 0 Å². The molecule has 2 rings (SSSR count). The Hall–Kier alpha value is -1.08. The monoisotopic (exact) mass is 372 g/mol. The average molecular weight is 372 g/mol. The normalized spacial score (nSPS) is 11.3. The van der Waals surface area contributed by atoms with Gasteiger partial charge in [-0.15, -0.1) is 0 Å². The van der Waals surface area contributed by atoms with Crippen LogP contribution in [0.3, 0.4) is 0 Å². The zero-order chi connectivity index (χ0) is 16.3. The van der Waals surface area contributed by atoms with Crippen molar-refractivity contribution < 1.29 is 0 Å². The van der Waals surface area contributed by atoms with Gasteiger partial charge in [-0.2, -0.15) is 0 Å². The fraction of sp³-hybridized carbons (Fsp3) is 0.400. The molecule has 0 aliphatic rings. The van der Waals surface area contributed by atoms with E-state index in [0.29, 0.717) is 0 Å². The molecule has 2 nitrogen and oxygen atoms in total. The summed E-state index contributed by atoms with van der Waals surface area (Å²) in [6.07, 6.45) is 0. The fourth-order valence-corrected chi connectivity index (χ4v) is 7.46. The van der Waals surface area contributed by atoms with Gasteiger partial charge < -0.3 is 0 Å². The minimum absolute atomic E-state index is 1.09. The molecule has 124 valence electrons. The number of hydrogen-bond donors (Lipinski definition) is 1. The van der Waals surface area contributed by atoms with Crippen LogP contribution in [0.2, 0.25) is 5.21 Å². The molecule has 0 radical (unpaired) electrons. The van der Waals surface area contributed by atoms with Gasteiger partial charge in [-0.05, 0) is 0 Å². The third kappa shape index (κ3) is 6.14.